The lowest BCUT2D eigenvalue weighted by Crippen LogP contribution is -2.28. The van der Waals surface area contributed by atoms with Crippen molar-refractivity contribution in [3.8, 4) is 11.5 Å². The van der Waals surface area contributed by atoms with Gasteiger partial charge in [0.15, 0.2) is 15.8 Å². The first-order valence-corrected chi connectivity index (χ1v) is 11.1. The smallest absolute Gasteiger partial charge is 0.343 e. The summed E-state index contributed by atoms with van der Waals surface area (Å²) in [5.74, 6) is -0.767. The van der Waals surface area contributed by atoms with Gasteiger partial charge in [0, 0.05) is 0 Å². The number of carbonyl (C=O) groups excluding carboxylic acids is 2. The quantitative estimate of drug-likeness (QED) is 0.201. The number of hydrogen-bond acceptors (Lipinski definition) is 6. The number of carbonyl (C=O) groups is 2. The van der Waals surface area contributed by atoms with Gasteiger partial charge in [0.05, 0.1) is 23.3 Å². The highest BCUT2D eigenvalue weighted by molar-refractivity contribution is 8.27. The monoisotopic (exact) mass is 479 g/mol. The van der Waals surface area contributed by atoms with Crippen molar-refractivity contribution in [3.63, 3.8) is 0 Å². The molecule has 1 aliphatic rings. The molecule has 1 amide bonds. The minimum atomic E-state index is -0.639. The molecule has 0 unspecified atom stereocenters. The fourth-order valence-corrected chi connectivity index (χ4v) is 4.53. The summed E-state index contributed by atoms with van der Waals surface area (Å²) in [6.45, 7) is 1.93. The molecule has 5 nitrogen and oxygen atoms in total. The topological polar surface area (TPSA) is 55.8 Å². The SMILES string of the molecule is COc1cc(/C=C2\SC(=S)N(c3ccccc3C)C2=O)ccc1OC(=O)c1ccc(F)cc1. The Balaban J connectivity index is 1.57. The average molecular weight is 480 g/mol. The van der Waals surface area contributed by atoms with Crippen LogP contribution in [-0.2, 0) is 4.79 Å². The van der Waals surface area contributed by atoms with E-state index in [1.54, 1.807) is 24.3 Å². The third kappa shape index (κ3) is 4.81. The van der Waals surface area contributed by atoms with Gasteiger partial charge in [-0.25, -0.2) is 9.18 Å². The summed E-state index contributed by atoms with van der Waals surface area (Å²) in [6, 6.07) is 17.5. The van der Waals surface area contributed by atoms with Crippen LogP contribution in [0.25, 0.3) is 6.08 Å². The van der Waals surface area contributed by atoms with Crippen molar-refractivity contribution in [1.82, 2.24) is 0 Å². The first-order chi connectivity index (χ1) is 15.9. The number of ether oxygens (including phenoxy) is 2. The molecule has 1 aliphatic heterocycles. The number of halogens is 1. The number of amides is 1. The minimum Gasteiger partial charge on any atom is -0.493 e. The van der Waals surface area contributed by atoms with E-state index >= 15 is 0 Å². The molecule has 0 atom stereocenters. The van der Waals surface area contributed by atoms with Gasteiger partial charge < -0.3 is 9.47 Å². The Kier molecular flexibility index (Phi) is 6.57. The van der Waals surface area contributed by atoms with Crippen molar-refractivity contribution in [2.24, 2.45) is 0 Å². The van der Waals surface area contributed by atoms with Crippen molar-refractivity contribution in [3.05, 3.63) is 94.1 Å². The highest BCUT2D eigenvalue weighted by atomic mass is 32.2. The van der Waals surface area contributed by atoms with Crippen LogP contribution in [0, 0.1) is 12.7 Å². The zero-order valence-electron chi connectivity index (χ0n) is 17.7. The number of nitrogens with zero attached hydrogens (tertiary/aromatic N) is 1. The van der Waals surface area contributed by atoms with Crippen molar-refractivity contribution in [1.29, 1.82) is 0 Å². The third-order valence-corrected chi connectivity index (χ3v) is 6.22. The number of benzene rings is 3. The maximum absolute atomic E-state index is 13.1. The van der Waals surface area contributed by atoms with Crippen LogP contribution in [0.2, 0.25) is 0 Å². The number of esters is 1. The summed E-state index contributed by atoms with van der Waals surface area (Å²) in [5, 5.41) is 0. The molecule has 1 heterocycles. The van der Waals surface area contributed by atoms with Gasteiger partial charge in [-0.05, 0) is 66.6 Å². The van der Waals surface area contributed by atoms with Gasteiger partial charge >= 0.3 is 5.97 Å². The molecule has 0 spiro atoms. The zero-order chi connectivity index (χ0) is 23.5. The Morgan fingerprint density at radius 3 is 2.48 bits per heavy atom. The van der Waals surface area contributed by atoms with Crippen LogP contribution < -0.4 is 14.4 Å². The van der Waals surface area contributed by atoms with E-state index in [2.05, 4.69) is 0 Å². The van der Waals surface area contributed by atoms with Gasteiger partial charge in [0.25, 0.3) is 5.91 Å². The Labute approximate surface area is 199 Å². The van der Waals surface area contributed by atoms with E-state index in [0.717, 1.165) is 11.3 Å². The van der Waals surface area contributed by atoms with E-state index in [1.807, 2.05) is 31.2 Å². The van der Waals surface area contributed by atoms with Crippen molar-refractivity contribution < 1.29 is 23.5 Å². The molecular formula is C25H18FNO4S2. The molecule has 33 heavy (non-hydrogen) atoms. The molecule has 166 valence electrons. The molecule has 0 aliphatic carbocycles. The van der Waals surface area contributed by atoms with E-state index in [-0.39, 0.29) is 17.2 Å². The zero-order valence-corrected chi connectivity index (χ0v) is 19.3. The summed E-state index contributed by atoms with van der Waals surface area (Å²) in [7, 11) is 1.45. The first kappa shape index (κ1) is 22.7. The molecule has 4 rings (SSSR count). The van der Waals surface area contributed by atoms with Crippen molar-refractivity contribution >= 4 is 51.9 Å². The maximum atomic E-state index is 13.1. The second kappa shape index (κ2) is 9.56. The molecule has 0 aromatic heterocycles. The third-order valence-electron chi connectivity index (χ3n) is 4.92. The fourth-order valence-electron chi connectivity index (χ4n) is 3.24. The van der Waals surface area contributed by atoms with Gasteiger partial charge in [0.1, 0.15) is 5.82 Å². The fraction of sp³-hybridized carbons (Fsp3) is 0.0800. The van der Waals surface area contributed by atoms with Crippen LogP contribution in [0.3, 0.4) is 0 Å². The molecule has 0 bridgehead atoms. The Hall–Kier alpha value is -3.49. The molecule has 3 aromatic carbocycles. The molecule has 0 N–H and O–H groups in total. The molecule has 1 fully saturated rings. The standard InChI is InChI=1S/C25H18FNO4S2/c1-15-5-3-4-6-19(15)27-23(28)22(33-25(27)32)14-16-7-12-20(21(13-16)30-2)31-24(29)17-8-10-18(26)11-9-17/h3-14H,1-2H3/b22-14-. The van der Waals surface area contributed by atoms with Gasteiger partial charge in [-0.1, -0.05) is 48.2 Å². The van der Waals surface area contributed by atoms with Gasteiger partial charge in [-0.3, -0.25) is 9.69 Å². The number of rotatable bonds is 5. The second-order valence-electron chi connectivity index (χ2n) is 7.11. The second-order valence-corrected chi connectivity index (χ2v) is 8.79. The highest BCUT2D eigenvalue weighted by Gasteiger charge is 2.34. The van der Waals surface area contributed by atoms with E-state index in [4.69, 9.17) is 21.7 Å². The molecular weight excluding hydrogens is 461 g/mol. The number of aryl methyl sites for hydroxylation is 1. The number of hydrogen-bond donors (Lipinski definition) is 0. The normalized spacial score (nSPS) is 14.6. The van der Waals surface area contributed by atoms with E-state index < -0.39 is 11.8 Å². The van der Waals surface area contributed by atoms with Crippen LogP contribution in [0.15, 0.2) is 71.6 Å². The molecule has 1 saturated heterocycles. The average Bonchev–Trinajstić information content (AvgIpc) is 3.08. The van der Waals surface area contributed by atoms with Crippen LogP contribution in [0.4, 0.5) is 10.1 Å². The summed E-state index contributed by atoms with van der Waals surface area (Å²) >= 11 is 6.66. The van der Waals surface area contributed by atoms with Gasteiger partial charge in [-0.2, -0.15) is 0 Å². The maximum Gasteiger partial charge on any atom is 0.343 e. The first-order valence-electron chi connectivity index (χ1n) is 9.87. The van der Waals surface area contributed by atoms with Gasteiger partial charge in [-0.15, -0.1) is 0 Å². The summed E-state index contributed by atoms with van der Waals surface area (Å²) in [6.07, 6.45) is 1.71. The van der Waals surface area contributed by atoms with Crippen LogP contribution >= 0.6 is 24.0 Å². The number of anilines is 1. The van der Waals surface area contributed by atoms with E-state index in [0.29, 0.717) is 20.5 Å². The van der Waals surface area contributed by atoms with Crippen molar-refractivity contribution in [2.75, 3.05) is 12.0 Å². The Bertz CT molecular complexity index is 1290. The number of thioether (sulfide) groups is 1. The van der Waals surface area contributed by atoms with Crippen LogP contribution in [-0.4, -0.2) is 23.3 Å². The number of thiocarbonyl (C=S) groups is 1. The largest absolute Gasteiger partial charge is 0.493 e. The Morgan fingerprint density at radius 1 is 1.06 bits per heavy atom. The molecule has 3 aromatic rings. The molecule has 0 radical (unpaired) electrons. The lowest BCUT2D eigenvalue weighted by Gasteiger charge is -2.16. The van der Waals surface area contributed by atoms with Gasteiger partial charge in [0.2, 0.25) is 0 Å². The minimum absolute atomic E-state index is 0.204. The predicted molar refractivity (Wildman–Crippen MR) is 131 cm³/mol. The lowest BCUT2D eigenvalue weighted by molar-refractivity contribution is -0.113. The summed E-state index contributed by atoms with van der Waals surface area (Å²) in [4.78, 5) is 27.4. The number of para-hydroxylation sites is 1. The van der Waals surface area contributed by atoms with E-state index in [9.17, 15) is 14.0 Å². The number of methoxy groups -OCH3 is 1. The van der Waals surface area contributed by atoms with Crippen LogP contribution in [0.5, 0.6) is 11.5 Å². The van der Waals surface area contributed by atoms with E-state index in [1.165, 1.54) is 48.0 Å². The molecule has 8 heteroatoms. The highest BCUT2D eigenvalue weighted by Crippen LogP contribution is 2.38. The molecule has 0 saturated carbocycles. The summed E-state index contributed by atoms with van der Waals surface area (Å²) < 4.78 is 24.3. The van der Waals surface area contributed by atoms with Crippen LogP contribution in [0.1, 0.15) is 21.5 Å². The summed E-state index contributed by atoms with van der Waals surface area (Å²) in [5.41, 5.74) is 2.59. The lowest BCUT2D eigenvalue weighted by atomic mass is 10.1. The van der Waals surface area contributed by atoms with Crippen molar-refractivity contribution in [2.45, 2.75) is 6.92 Å². The predicted octanol–water partition coefficient (Wildman–Crippen LogP) is 5.77. The Morgan fingerprint density at radius 2 is 1.79 bits per heavy atom.